The molecule has 1 aliphatic heterocycles. The van der Waals surface area contributed by atoms with Crippen LogP contribution in [0, 0.1) is 5.82 Å². The fourth-order valence-corrected chi connectivity index (χ4v) is 5.00. The number of hydrogen-bond donors (Lipinski definition) is 3. The van der Waals surface area contributed by atoms with Crippen molar-refractivity contribution >= 4 is 40.0 Å². The molecule has 6 rings (SSSR count). The lowest BCUT2D eigenvalue weighted by atomic mass is 9.89. The van der Waals surface area contributed by atoms with E-state index in [2.05, 4.69) is 42.1 Å². The standard InChI is InChI=1S/C30H27FN8O2/c1-2-27(40)39-12-8-19(9-13-39)23-17-34-29-28(23)30(36-18-35-29)38-25-6-5-21(14-24(25)31)41-22-7-11-33-26(15-22)37-20-4-3-10-32-16-20/h2-7,10-11,14-19H,1,8-9,12-13H2,(H,33,37)(H2,34,35,36,38). The fraction of sp³-hybridized carbons (Fsp3) is 0.167. The maximum absolute atomic E-state index is 15.3. The number of fused-ring (bicyclic) bond motifs is 1. The molecule has 1 amide bonds. The molecule has 0 unspecified atom stereocenters. The lowest BCUT2D eigenvalue weighted by Crippen LogP contribution is -2.36. The number of nitrogens with zero attached hydrogens (tertiary/aromatic N) is 5. The van der Waals surface area contributed by atoms with E-state index in [-0.39, 0.29) is 17.5 Å². The van der Waals surface area contributed by atoms with Crippen LogP contribution in [0.2, 0.25) is 0 Å². The Morgan fingerprint density at radius 2 is 1.93 bits per heavy atom. The molecule has 0 spiro atoms. The molecule has 0 aliphatic carbocycles. The van der Waals surface area contributed by atoms with E-state index in [1.807, 2.05) is 18.3 Å². The largest absolute Gasteiger partial charge is 0.457 e. The maximum atomic E-state index is 15.3. The third-order valence-electron chi connectivity index (χ3n) is 7.02. The van der Waals surface area contributed by atoms with Crippen LogP contribution >= 0.6 is 0 Å². The number of pyridine rings is 2. The number of benzene rings is 1. The zero-order valence-electron chi connectivity index (χ0n) is 22.0. The first-order chi connectivity index (χ1) is 20.1. The van der Waals surface area contributed by atoms with Crippen molar-refractivity contribution in [1.82, 2.24) is 29.8 Å². The molecule has 0 saturated carbocycles. The number of hydrogen-bond acceptors (Lipinski definition) is 8. The molecule has 4 aromatic heterocycles. The number of aromatic amines is 1. The highest BCUT2D eigenvalue weighted by atomic mass is 19.1. The van der Waals surface area contributed by atoms with E-state index in [9.17, 15) is 4.79 Å². The Bertz CT molecular complexity index is 1700. The van der Waals surface area contributed by atoms with Crippen molar-refractivity contribution in [2.75, 3.05) is 23.7 Å². The summed E-state index contributed by atoms with van der Waals surface area (Å²) >= 11 is 0. The molecule has 5 aromatic rings. The van der Waals surface area contributed by atoms with Crippen molar-refractivity contribution in [3.8, 4) is 11.5 Å². The van der Waals surface area contributed by atoms with Gasteiger partial charge in [0.25, 0.3) is 0 Å². The number of aromatic nitrogens is 5. The summed E-state index contributed by atoms with van der Waals surface area (Å²) in [5, 5.41) is 7.10. The normalized spacial score (nSPS) is 13.6. The van der Waals surface area contributed by atoms with Crippen LogP contribution in [-0.4, -0.2) is 48.8 Å². The lowest BCUT2D eigenvalue weighted by Gasteiger charge is -2.31. The van der Waals surface area contributed by atoms with Crippen LogP contribution < -0.4 is 15.4 Å². The summed E-state index contributed by atoms with van der Waals surface area (Å²) in [7, 11) is 0. The van der Waals surface area contributed by atoms with Gasteiger partial charge in [0.1, 0.15) is 40.9 Å². The highest BCUT2D eigenvalue weighted by Crippen LogP contribution is 2.37. The Labute approximate surface area is 235 Å². The van der Waals surface area contributed by atoms with Gasteiger partial charge >= 0.3 is 0 Å². The molecule has 10 nitrogen and oxygen atoms in total. The molecule has 1 aromatic carbocycles. The Kier molecular flexibility index (Phi) is 7.23. The Balaban J connectivity index is 1.18. The Morgan fingerprint density at radius 3 is 2.71 bits per heavy atom. The zero-order valence-corrected chi connectivity index (χ0v) is 22.0. The van der Waals surface area contributed by atoms with Gasteiger partial charge in [0.2, 0.25) is 5.91 Å². The second-order valence-corrected chi connectivity index (χ2v) is 9.61. The fourth-order valence-electron chi connectivity index (χ4n) is 5.00. The summed E-state index contributed by atoms with van der Waals surface area (Å²) in [5.74, 6) is 1.57. The number of rotatable bonds is 8. The minimum atomic E-state index is -0.495. The van der Waals surface area contributed by atoms with Gasteiger partial charge in [0.05, 0.1) is 23.0 Å². The number of carbonyl (C=O) groups is 1. The number of likely N-dealkylation sites (tertiary alicyclic amines) is 1. The molecule has 1 saturated heterocycles. The van der Waals surface area contributed by atoms with Gasteiger partial charge in [-0.3, -0.25) is 9.78 Å². The molecular formula is C30H27FN8O2. The second kappa shape index (κ2) is 11.4. The van der Waals surface area contributed by atoms with E-state index < -0.39 is 5.82 Å². The predicted molar refractivity (Wildman–Crippen MR) is 154 cm³/mol. The number of H-pyrrole nitrogens is 1. The number of amides is 1. The first-order valence-corrected chi connectivity index (χ1v) is 13.2. The van der Waals surface area contributed by atoms with Gasteiger partial charge in [0, 0.05) is 43.8 Å². The van der Waals surface area contributed by atoms with Crippen molar-refractivity contribution in [3.05, 3.63) is 97.6 Å². The van der Waals surface area contributed by atoms with Crippen LogP contribution in [0.15, 0.2) is 86.2 Å². The van der Waals surface area contributed by atoms with E-state index in [0.717, 1.165) is 29.5 Å². The van der Waals surface area contributed by atoms with E-state index in [4.69, 9.17) is 4.74 Å². The van der Waals surface area contributed by atoms with Gasteiger partial charge in [-0.05, 0) is 60.7 Å². The molecule has 206 valence electrons. The smallest absolute Gasteiger partial charge is 0.245 e. The number of carbonyl (C=O) groups excluding carboxylic acids is 1. The van der Waals surface area contributed by atoms with Crippen molar-refractivity contribution in [2.45, 2.75) is 18.8 Å². The number of halogens is 1. The van der Waals surface area contributed by atoms with E-state index >= 15 is 4.39 Å². The van der Waals surface area contributed by atoms with E-state index in [1.54, 1.807) is 47.8 Å². The van der Waals surface area contributed by atoms with Crippen molar-refractivity contribution < 1.29 is 13.9 Å². The topological polar surface area (TPSA) is 121 Å². The summed E-state index contributed by atoms with van der Waals surface area (Å²) in [6.45, 7) is 4.87. The van der Waals surface area contributed by atoms with E-state index in [0.29, 0.717) is 41.9 Å². The third-order valence-corrected chi connectivity index (χ3v) is 7.02. The Hall–Kier alpha value is -5.32. The van der Waals surface area contributed by atoms with Crippen LogP contribution in [0.3, 0.4) is 0 Å². The molecule has 0 radical (unpaired) electrons. The molecule has 41 heavy (non-hydrogen) atoms. The van der Waals surface area contributed by atoms with Gasteiger partial charge in [-0.1, -0.05) is 6.58 Å². The molecule has 3 N–H and O–H groups in total. The molecule has 0 atom stereocenters. The second-order valence-electron chi connectivity index (χ2n) is 9.61. The molecule has 11 heteroatoms. The lowest BCUT2D eigenvalue weighted by molar-refractivity contribution is -0.127. The van der Waals surface area contributed by atoms with Crippen LogP contribution in [0.4, 0.5) is 27.4 Å². The van der Waals surface area contributed by atoms with Crippen LogP contribution in [-0.2, 0) is 4.79 Å². The average Bonchev–Trinajstić information content (AvgIpc) is 3.44. The quantitative estimate of drug-likeness (QED) is 0.200. The summed E-state index contributed by atoms with van der Waals surface area (Å²) < 4.78 is 21.2. The van der Waals surface area contributed by atoms with Gasteiger partial charge in [-0.25, -0.2) is 19.3 Å². The van der Waals surface area contributed by atoms with E-state index in [1.165, 1.54) is 18.5 Å². The van der Waals surface area contributed by atoms with Gasteiger partial charge < -0.3 is 25.3 Å². The number of nitrogens with one attached hydrogen (secondary N) is 3. The van der Waals surface area contributed by atoms with Crippen LogP contribution in [0.5, 0.6) is 11.5 Å². The van der Waals surface area contributed by atoms with Gasteiger partial charge in [0.15, 0.2) is 0 Å². The van der Waals surface area contributed by atoms with Crippen LogP contribution in [0.1, 0.15) is 24.3 Å². The summed E-state index contributed by atoms with van der Waals surface area (Å²) in [5.41, 5.74) is 2.75. The number of piperidine rings is 1. The third kappa shape index (κ3) is 5.69. The number of ether oxygens (including phenoxy) is 1. The number of anilines is 4. The summed E-state index contributed by atoms with van der Waals surface area (Å²) in [6.07, 6.45) is 11.3. The monoisotopic (exact) mass is 550 g/mol. The summed E-state index contributed by atoms with van der Waals surface area (Å²) in [4.78, 5) is 34.2. The molecule has 1 aliphatic rings. The zero-order chi connectivity index (χ0) is 28.2. The van der Waals surface area contributed by atoms with Crippen LogP contribution in [0.25, 0.3) is 11.0 Å². The average molecular weight is 551 g/mol. The highest BCUT2D eigenvalue weighted by molar-refractivity contribution is 5.92. The summed E-state index contributed by atoms with van der Waals surface area (Å²) in [6, 6.07) is 11.7. The van der Waals surface area contributed by atoms with Crippen molar-refractivity contribution in [3.63, 3.8) is 0 Å². The SMILES string of the molecule is C=CC(=O)N1CCC(c2c[nH]c3ncnc(Nc4ccc(Oc5ccnc(Nc6cccnc6)c5)cc4F)c23)CC1. The first-order valence-electron chi connectivity index (χ1n) is 13.2. The Morgan fingerprint density at radius 1 is 1.07 bits per heavy atom. The van der Waals surface area contributed by atoms with Gasteiger partial charge in [-0.2, -0.15) is 0 Å². The van der Waals surface area contributed by atoms with Crippen molar-refractivity contribution in [2.24, 2.45) is 0 Å². The predicted octanol–water partition coefficient (Wildman–Crippen LogP) is 6.06. The first kappa shape index (κ1) is 25.9. The molecule has 5 heterocycles. The maximum Gasteiger partial charge on any atom is 0.245 e. The van der Waals surface area contributed by atoms with Crippen molar-refractivity contribution in [1.29, 1.82) is 0 Å². The molecule has 0 bridgehead atoms. The molecule has 1 fully saturated rings. The molecular weight excluding hydrogens is 523 g/mol. The minimum absolute atomic E-state index is 0.0539. The van der Waals surface area contributed by atoms with Gasteiger partial charge in [-0.15, -0.1) is 0 Å². The minimum Gasteiger partial charge on any atom is -0.457 e. The highest BCUT2D eigenvalue weighted by Gasteiger charge is 2.26.